The molecule has 0 saturated heterocycles. The van der Waals surface area contributed by atoms with E-state index in [-0.39, 0.29) is 16.6 Å². The van der Waals surface area contributed by atoms with E-state index in [1.165, 1.54) is 5.56 Å². The van der Waals surface area contributed by atoms with E-state index in [2.05, 4.69) is 44.2 Å². The Morgan fingerprint density at radius 2 is 1.78 bits per heavy atom. The molecule has 0 aliphatic carbocycles. The van der Waals surface area contributed by atoms with E-state index in [1.54, 1.807) is 0 Å². The van der Waals surface area contributed by atoms with Crippen molar-refractivity contribution in [3.05, 3.63) is 71.3 Å². The van der Waals surface area contributed by atoms with Crippen LogP contribution in [0, 0.1) is 0 Å². The first-order chi connectivity index (χ1) is 13.1. The number of carbonyl (C=O) groups is 1. The molecule has 27 heavy (non-hydrogen) atoms. The van der Waals surface area contributed by atoms with E-state index in [0.29, 0.717) is 6.54 Å². The number of benzene rings is 2. The van der Waals surface area contributed by atoms with Gasteiger partial charge in [-0.25, -0.2) is 0 Å². The van der Waals surface area contributed by atoms with Crippen LogP contribution in [-0.4, -0.2) is 23.2 Å². The number of hydrogen-bond donors (Lipinski definition) is 0. The van der Waals surface area contributed by atoms with Crippen molar-refractivity contribution < 1.29 is 14.4 Å². The lowest BCUT2D eigenvalue weighted by molar-refractivity contribution is -0.925. The first-order valence-corrected chi connectivity index (χ1v) is 10.4. The summed E-state index contributed by atoms with van der Waals surface area (Å²) in [4.78, 5) is 12.8. The Balaban J connectivity index is 2.14. The van der Waals surface area contributed by atoms with Crippen LogP contribution < -0.4 is 5.11 Å². The van der Waals surface area contributed by atoms with E-state index in [0.717, 1.165) is 49.7 Å². The highest BCUT2D eigenvalue weighted by molar-refractivity contribution is 5.57. The minimum Gasteiger partial charge on any atom is -0.498 e. The predicted octanol–water partition coefficient (Wildman–Crippen LogP) is 4.85. The number of carbonyl (C=O) groups excluding carboxylic acids is 1. The van der Waals surface area contributed by atoms with Gasteiger partial charge in [-0.05, 0) is 24.8 Å². The largest absolute Gasteiger partial charge is 0.498 e. The molecule has 3 rings (SSSR count). The van der Waals surface area contributed by atoms with Crippen molar-refractivity contribution in [2.24, 2.45) is 0 Å². The highest BCUT2D eigenvalue weighted by Gasteiger charge is 2.49. The van der Waals surface area contributed by atoms with Gasteiger partial charge in [0.2, 0.25) is 0 Å². The molecule has 1 amide bonds. The molecular formula is C24H31NO2. The summed E-state index contributed by atoms with van der Waals surface area (Å²) in [6.45, 7) is 4.92. The first-order valence-electron chi connectivity index (χ1n) is 10.4. The second-order valence-electron chi connectivity index (χ2n) is 7.74. The molecule has 1 aliphatic rings. The summed E-state index contributed by atoms with van der Waals surface area (Å²) in [7, 11) is 0. The predicted molar refractivity (Wildman–Crippen MR) is 107 cm³/mol. The number of rotatable bonds is 7. The average molecular weight is 366 g/mol. The number of unbranched alkanes of at least 4 members (excludes halogenated alkanes) is 2. The molecule has 3 heteroatoms. The van der Waals surface area contributed by atoms with Gasteiger partial charge in [0.25, 0.3) is 6.09 Å². The van der Waals surface area contributed by atoms with Gasteiger partial charge in [-0.2, -0.15) is 0 Å². The maximum Gasteiger partial charge on any atom is 0.258 e. The molecule has 1 aliphatic heterocycles. The number of nitrogens with zero attached hydrogens (tertiary/aromatic N) is 1. The third-order valence-corrected chi connectivity index (χ3v) is 6.28. The van der Waals surface area contributed by atoms with Crippen LogP contribution in [0.4, 0.5) is 4.79 Å². The Morgan fingerprint density at radius 3 is 2.44 bits per heavy atom. The summed E-state index contributed by atoms with van der Waals surface area (Å²) in [6.07, 6.45) is 5.01. The molecule has 3 nitrogen and oxygen atoms in total. The van der Waals surface area contributed by atoms with E-state index in [9.17, 15) is 9.90 Å². The molecule has 1 heterocycles. The van der Waals surface area contributed by atoms with Crippen LogP contribution in [0.5, 0.6) is 0 Å². The van der Waals surface area contributed by atoms with Gasteiger partial charge >= 0.3 is 0 Å². The second kappa shape index (κ2) is 8.71. The summed E-state index contributed by atoms with van der Waals surface area (Å²) in [5.74, 6) is 0. The number of carboxylic acid groups (broad SMARTS) is 1. The molecule has 0 N–H and O–H groups in total. The molecule has 0 saturated carbocycles. The number of fused-ring (bicyclic) bond motifs is 1. The van der Waals surface area contributed by atoms with E-state index >= 15 is 0 Å². The zero-order chi connectivity index (χ0) is 19.3. The molecule has 2 aromatic rings. The number of amides is 1. The smallest absolute Gasteiger partial charge is 0.258 e. The van der Waals surface area contributed by atoms with Crippen LogP contribution in [0.15, 0.2) is 54.6 Å². The highest BCUT2D eigenvalue weighted by atomic mass is 16.4. The fourth-order valence-electron chi connectivity index (χ4n) is 4.92. The average Bonchev–Trinajstić information content (AvgIpc) is 2.71. The molecule has 3 atom stereocenters. The van der Waals surface area contributed by atoms with Gasteiger partial charge in [-0.1, -0.05) is 81.3 Å². The van der Waals surface area contributed by atoms with Gasteiger partial charge in [0, 0.05) is 17.5 Å². The molecule has 2 aromatic carbocycles. The van der Waals surface area contributed by atoms with E-state index in [4.69, 9.17) is 0 Å². The normalized spacial score (nSPS) is 22.8. The van der Waals surface area contributed by atoms with Gasteiger partial charge in [-0.3, -0.25) is 4.48 Å². The molecule has 0 radical (unpaired) electrons. The molecule has 144 valence electrons. The standard InChI is InChI=1S/C24H31NO2/c1-3-5-7-15-21(4-2)25(24(26)27)18-17-19-12-10-11-16-22(19)23(25)20-13-8-6-9-14-20/h6,8-14,16,21,23H,3-5,7,15,17-18H2,1-2H3. The quantitative estimate of drug-likeness (QED) is 0.520. The minimum atomic E-state index is -0.929. The Morgan fingerprint density at radius 1 is 1.07 bits per heavy atom. The maximum atomic E-state index is 12.8. The van der Waals surface area contributed by atoms with Gasteiger partial charge in [-0.15, -0.1) is 0 Å². The summed E-state index contributed by atoms with van der Waals surface area (Å²) in [5.41, 5.74) is 3.49. The molecule has 0 fully saturated rings. The Kier molecular flexibility index (Phi) is 6.33. The van der Waals surface area contributed by atoms with Gasteiger partial charge in [0.15, 0.2) is 0 Å². The number of hydrogen-bond acceptors (Lipinski definition) is 2. The van der Waals surface area contributed by atoms with Crippen molar-refractivity contribution in [3.8, 4) is 0 Å². The van der Waals surface area contributed by atoms with Crippen molar-refractivity contribution in [1.82, 2.24) is 0 Å². The van der Waals surface area contributed by atoms with Crippen molar-refractivity contribution in [1.29, 1.82) is 0 Å². The lowest BCUT2D eigenvalue weighted by atomic mass is 9.83. The van der Waals surface area contributed by atoms with Crippen LogP contribution in [0.2, 0.25) is 0 Å². The summed E-state index contributed by atoms with van der Waals surface area (Å²) in [5, 5.41) is 12.8. The van der Waals surface area contributed by atoms with Crippen molar-refractivity contribution >= 4 is 6.09 Å². The second-order valence-corrected chi connectivity index (χ2v) is 7.74. The minimum absolute atomic E-state index is 0.0290. The lowest BCUT2D eigenvalue weighted by Crippen LogP contribution is -2.67. The maximum absolute atomic E-state index is 12.8. The third kappa shape index (κ3) is 3.66. The fraction of sp³-hybridized carbons (Fsp3) is 0.458. The highest BCUT2D eigenvalue weighted by Crippen LogP contribution is 2.44. The Bertz CT molecular complexity index is 758. The van der Waals surface area contributed by atoms with Crippen LogP contribution in [-0.2, 0) is 6.42 Å². The summed E-state index contributed by atoms with van der Waals surface area (Å²) < 4.78 is 0.0290. The van der Waals surface area contributed by atoms with Crippen molar-refractivity contribution in [2.75, 3.05) is 6.54 Å². The van der Waals surface area contributed by atoms with Gasteiger partial charge in [0.05, 0.1) is 12.6 Å². The zero-order valence-corrected chi connectivity index (χ0v) is 16.6. The fourth-order valence-corrected chi connectivity index (χ4v) is 4.92. The van der Waals surface area contributed by atoms with E-state index in [1.807, 2.05) is 24.3 Å². The first kappa shape index (κ1) is 19.6. The SMILES string of the molecule is CCCCCC(CC)[N+]1(C(=O)[O-])CCc2ccccc2C1c1ccccc1. The van der Waals surface area contributed by atoms with Crippen molar-refractivity contribution in [2.45, 2.75) is 64.5 Å². The van der Waals surface area contributed by atoms with Crippen LogP contribution in [0.1, 0.15) is 68.7 Å². The summed E-state index contributed by atoms with van der Waals surface area (Å²) >= 11 is 0. The monoisotopic (exact) mass is 365 g/mol. The Labute approximate surface area is 163 Å². The van der Waals surface area contributed by atoms with Crippen molar-refractivity contribution in [3.63, 3.8) is 0 Å². The molecule has 0 aromatic heterocycles. The van der Waals surface area contributed by atoms with Crippen LogP contribution in [0.3, 0.4) is 0 Å². The van der Waals surface area contributed by atoms with Crippen LogP contribution in [0.25, 0.3) is 0 Å². The van der Waals surface area contributed by atoms with E-state index < -0.39 is 6.09 Å². The van der Waals surface area contributed by atoms with Crippen LogP contribution >= 0.6 is 0 Å². The molecule has 0 bridgehead atoms. The molecule has 3 unspecified atom stereocenters. The molecule has 0 spiro atoms. The third-order valence-electron chi connectivity index (χ3n) is 6.28. The van der Waals surface area contributed by atoms with Gasteiger partial charge in [0.1, 0.15) is 6.04 Å². The molecular weight excluding hydrogens is 334 g/mol. The number of quaternary nitrogens is 1. The summed E-state index contributed by atoms with van der Waals surface area (Å²) in [6, 6.07) is 18.4. The topological polar surface area (TPSA) is 40.1 Å². The van der Waals surface area contributed by atoms with Gasteiger partial charge < -0.3 is 9.90 Å². The lowest BCUT2D eigenvalue weighted by Gasteiger charge is -2.52. The zero-order valence-electron chi connectivity index (χ0n) is 16.6. The Hall–Kier alpha value is -2.13.